The van der Waals surface area contributed by atoms with Crippen molar-refractivity contribution < 1.29 is 23.5 Å². The van der Waals surface area contributed by atoms with Gasteiger partial charge in [-0.3, -0.25) is 9.59 Å². The Morgan fingerprint density at radius 3 is 2.46 bits per heavy atom. The Balaban J connectivity index is 2.19. The number of hydrogen-bond donors (Lipinski definition) is 1. The second kappa shape index (κ2) is 6.79. The molecule has 26 heavy (non-hydrogen) atoms. The van der Waals surface area contributed by atoms with Crippen LogP contribution < -0.4 is 10.6 Å². The molecule has 0 atom stereocenters. The van der Waals surface area contributed by atoms with Crippen molar-refractivity contribution in [3.63, 3.8) is 0 Å². The average molecular weight is 354 g/mol. The predicted octanol–water partition coefficient (Wildman–Crippen LogP) is 2.77. The summed E-state index contributed by atoms with van der Waals surface area (Å²) in [6.07, 6.45) is 0.144. The number of halogens is 1. The summed E-state index contributed by atoms with van der Waals surface area (Å²) in [6.45, 7) is 1.21. The monoisotopic (exact) mass is 354 g/mol. The molecule has 132 valence electrons. The molecule has 0 fully saturated rings. The summed E-state index contributed by atoms with van der Waals surface area (Å²) in [6, 6.07) is 11.6. The topological polar surface area (TPSA) is 89.7 Å². The molecule has 0 aliphatic carbocycles. The molecule has 6 nitrogen and oxygen atoms in total. The summed E-state index contributed by atoms with van der Waals surface area (Å²) < 4.78 is 18.9. The largest absolute Gasteiger partial charge is 0.430 e. The Labute approximate surface area is 148 Å². The lowest BCUT2D eigenvalue weighted by Gasteiger charge is -2.12. The number of fused-ring (bicyclic) bond motifs is 1. The fourth-order valence-corrected chi connectivity index (χ4v) is 2.86. The zero-order chi connectivity index (χ0) is 18.8. The van der Waals surface area contributed by atoms with Crippen molar-refractivity contribution in [3.05, 3.63) is 71.2 Å². The van der Waals surface area contributed by atoms with Crippen molar-refractivity contribution in [2.75, 3.05) is 4.90 Å². The minimum absolute atomic E-state index is 0.0119. The van der Waals surface area contributed by atoms with Crippen molar-refractivity contribution in [2.45, 2.75) is 13.3 Å². The Morgan fingerprint density at radius 2 is 1.85 bits per heavy atom. The van der Waals surface area contributed by atoms with Crippen molar-refractivity contribution in [1.29, 1.82) is 0 Å². The van der Waals surface area contributed by atoms with Gasteiger partial charge in [0.1, 0.15) is 11.6 Å². The van der Waals surface area contributed by atoms with Crippen LogP contribution in [0.2, 0.25) is 0 Å². The minimum Gasteiger partial charge on any atom is -0.430 e. The molecule has 0 bridgehead atoms. The molecule has 0 radical (unpaired) electrons. The third kappa shape index (κ3) is 3.19. The Hall–Kier alpha value is -3.48. The first kappa shape index (κ1) is 17.3. The molecule has 2 aromatic rings. The number of amides is 3. The first-order valence-electron chi connectivity index (χ1n) is 7.77. The number of ether oxygens (including phenoxy) is 1. The van der Waals surface area contributed by atoms with Crippen LogP contribution in [0.1, 0.15) is 18.1 Å². The molecular weight excluding hydrogens is 339 g/mol. The van der Waals surface area contributed by atoms with Gasteiger partial charge in [-0.2, -0.15) is 0 Å². The van der Waals surface area contributed by atoms with Gasteiger partial charge in [0, 0.05) is 18.9 Å². The molecule has 1 aliphatic rings. The molecule has 0 saturated carbocycles. The summed E-state index contributed by atoms with van der Waals surface area (Å²) in [7, 11) is 0. The van der Waals surface area contributed by atoms with Gasteiger partial charge >= 0.3 is 12.0 Å². The van der Waals surface area contributed by atoms with Crippen LogP contribution in [0.15, 0.2) is 54.3 Å². The number of esters is 1. The molecule has 7 heteroatoms. The van der Waals surface area contributed by atoms with Crippen molar-refractivity contribution >= 4 is 29.2 Å². The van der Waals surface area contributed by atoms with Gasteiger partial charge in [0.05, 0.1) is 11.3 Å². The van der Waals surface area contributed by atoms with Crippen molar-refractivity contribution in [3.8, 4) is 0 Å². The molecule has 3 amide bonds. The van der Waals surface area contributed by atoms with E-state index in [9.17, 15) is 18.8 Å². The first-order valence-corrected chi connectivity index (χ1v) is 7.77. The number of hydrogen-bond acceptors (Lipinski definition) is 4. The van der Waals surface area contributed by atoms with E-state index in [4.69, 9.17) is 10.5 Å². The number of anilines is 1. The number of benzene rings is 2. The van der Waals surface area contributed by atoms with Gasteiger partial charge in [0.25, 0.3) is 5.91 Å². The first-order chi connectivity index (χ1) is 12.4. The molecule has 3 rings (SSSR count). The van der Waals surface area contributed by atoms with E-state index in [1.807, 2.05) is 6.07 Å². The van der Waals surface area contributed by atoms with E-state index in [-0.39, 0.29) is 29.0 Å². The molecule has 1 heterocycles. The van der Waals surface area contributed by atoms with Gasteiger partial charge in [-0.1, -0.05) is 30.3 Å². The number of rotatable bonds is 3. The number of primary amides is 1. The quantitative estimate of drug-likeness (QED) is 0.521. The third-order valence-electron chi connectivity index (χ3n) is 3.86. The summed E-state index contributed by atoms with van der Waals surface area (Å²) in [5, 5.41) is 0. The third-order valence-corrected chi connectivity index (χ3v) is 3.86. The normalized spacial score (nSPS) is 14.8. The van der Waals surface area contributed by atoms with Crippen LogP contribution in [0.25, 0.3) is 5.57 Å². The number of urea groups is 1. The summed E-state index contributed by atoms with van der Waals surface area (Å²) in [5.41, 5.74) is 6.39. The highest BCUT2D eigenvalue weighted by atomic mass is 19.1. The second-order valence-electron chi connectivity index (χ2n) is 5.69. The van der Waals surface area contributed by atoms with Crippen LogP contribution >= 0.6 is 0 Å². The van der Waals surface area contributed by atoms with Crippen LogP contribution in [0.5, 0.6) is 0 Å². The van der Waals surface area contributed by atoms with Crippen molar-refractivity contribution in [1.82, 2.24) is 0 Å². The maximum atomic E-state index is 13.6. The van der Waals surface area contributed by atoms with Crippen LogP contribution in [0.3, 0.4) is 0 Å². The average Bonchev–Trinajstić information content (AvgIpc) is 2.86. The van der Waals surface area contributed by atoms with Crippen LogP contribution in [-0.2, 0) is 20.7 Å². The van der Waals surface area contributed by atoms with E-state index in [0.717, 1.165) is 17.7 Å². The van der Waals surface area contributed by atoms with Gasteiger partial charge in [0.15, 0.2) is 0 Å². The highest BCUT2D eigenvalue weighted by molar-refractivity contribution is 6.39. The molecule has 0 unspecified atom stereocenters. The SMILES string of the molecule is CC(=O)O/C(Cc1ccccc1)=C1/C(=O)N(C(N)=O)c2cc(F)ccc21. The van der Waals surface area contributed by atoms with Crippen molar-refractivity contribution in [2.24, 2.45) is 5.73 Å². The summed E-state index contributed by atoms with van der Waals surface area (Å²) in [5.74, 6) is -1.92. The standard InChI is InChI=1S/C19H15FN2O4/c1-11(23)26-16(9-12-5-3-2-4-6-12)17-14-8-7-13(20)10-15(14)22(18(17)24)19(21)25/h2-8,10H,9H2,1H3,(H2,21,25)/b17-16+. The zero-order valence-corrected chi connectivity index (χ0v) is 13.9. The van der Waals surface area contributed by atoms with Crippen LogP contribution in [0.4, 0.5) is 14.9 Å². The number of nitrogens with zero attached hydrogens (tertiary/aromatic N) is 1. The molecule has 0 spiro atoms. The van der Waals surface area contributed by atoms with E-state index < -0.39 is 23.7 Å². The minimum atomic E-state index is -1.04. The second-order valence-corrected chi connectivity index (χ2v) is 5.69. The van der Waals surface area contributed by atoms with Gasteiger partial charge in [-0.25, -0.2) is 14.1 Å². The number of carbonyl (C=O) groups is 3. The van der Waals surface area contributed by atoms with Gasteiger partial charge in [0.2, 0.25) is 0 Å². The highest BCUT2D eigenvalue weighted by Crippen LogP contribution is 2.39. The maximum Gasteiger partial charge on any atom is 0.326 e. The molecule has 2 N–H and O–H groups in total. The molecule has 2 aromatic carbocycles. The van der Waals surface area contributed by atoms with E-state index in [2.05, 4.69) is 0 Å². The number of imide groups is 1. The Morgan fingerprint density at radius 1 is 1.15 bits per heavy atom. The number of carbonyl (C=O) groups excluding carboxylic acids is 3. The molecular formula is C19H15FN2O4. The maximum absolute atomic E-state index is 13.6. The Bertz CT molecular complexity index is 938. The number of allylic oxidation sites excluding steroid dienone is 1. The smallest absolute Gasteiger partial charge is 0.326 e. The Kier molecular flexibility index (Phi) is 4.53. The van der Waals surface area contributed by atoms with Gasteiger partial charge in [-0.05, 0) is 23.8 Å². The van der Waals surface area contributed by atoms with E-state index >= 15 is 0 Å². The molecule has 0 saturated heterocycles. The highest BCUT2D eigenvalue weighted by Gasteiger charge is 2.39. The fraction of sp³-hybridized carbons (Fsp3) is 0.105. The fourth-order valence-electron chi connectivity index (χ4n) is 2.86. The van der Waals surface area contributed by atoms with Gasteiger partial charge in [-0.15, -0.1) is 0 Å². The summed E-state index contributed by atoms with van der Waals surface area (Å²) >= 11 is 0. The van der Waals surface area contributed by atoms with E-state index in [1.54, 1.807) is 24.3 Å². The predicted molar refractivity (Wildman–Crippen MR) is 92.3 cm³/mol. The molecule has 0 aromatic heterocycles. The van der Waals surface area contributed by atoms with E-state index in [0.29, 0.717) is 4.90 Å². The number of nitrogens with two attached hydrogens (primary N) is 1. The lowest BCUT2D eigenvalue weighted by molar-refractivity contribution is -0.136. The summed E-state index contributed by atoms with van der Waals surface area (Å²) in [4.78, 5) is 36.7. The van der Waals surface area contributed by atoms with Crippen LogP contribution in [-0.4, -0.2) is 17.9 Å². The van der Waals surface area contributed by atoms with Crippen LogP contribution in [0, 0.1) is 5.82 Å². The molecule has 1 aliphatic heterocycles. The van der Waals surface area contributed by atoms with Gasteiger partial charge < -0.3 is 10.5 Å². The zero-order valence-electron chi connectivity index (χ0n) is 13.9. The lowest BCUT2D eigenvalue weighted by atomic mass is 10.0. The lowest BCUT2D eigenvalue weighted by Crippen LogP contribution is -2.38. The van der Waals surface area contributed by atoms with E-state index in [1.165, 1.54) is 13.0 Å².